The van der Waals surface area contributed by atoms with Crippen LogP contribution in [0.3, 0.4) is 0 Å². The van der Waals surface area contributed by atoms with Crippen LogP contribution in [0.25, 0.3) is 16.7 Å². The second kappa shape index (κ2) is 10.8. The minimum Gasteiger partial charge on any atom is -0.116 e. The Morgan fingerprint density at radius 2 is 1.55 bits per heavy atom. The fourth-order valence-electron chi connectivity index (χ4n) is 8.49. The molecule has 0 N–H and O–H groups in total. The Morgan fingerprint density at radius 1 is 0.705 bits per heavy atom. The Kier molecular flexibility index (Phi) is 6.48. The number of hydrogen-bond donors (Lipinski definition) is 0. The Balaban J connectivity index is 1.01. The predicted octanol–water partition coefficient (Wildman–Crippen LogP) is 11.3. The van der Waals surface area contributed by atoms with Gasteiger partial charge in [0, 0.05) is 27.9 Å². The molecular formula is C43H36S. The monoisotopic (exact) mass is 584 g/mol. The SMILES string of the molecule is C1=CCC2C3=C(CCC=C3)C3=C(CC(c4cccc(-c5cccc(C6C=CC=C7c8ccccc8SC76)c5)c4)C=C3)C2C=C1. The van der Waals surface area contributed by atoms with E-state index >= 15 is 0 Å². The van der Waals surface area contributed by atoms with Gasteiger partial charge in [0.05, 0.1) is 0 Å². The van der Waals surface area contributed by atoms with Gasteiger partial charge in [-0.05, 0) is 87.8 Å². The maximum atomic E-state index is 2.49. The van der Waals surface area contributed by atoms with Crippen LogP contribution in [0.5, 0.6) is 0 Å². The summed E-state index contributed by atoms with van der Waals surface area (Å²) in [5.41, 5.74) is 14.8. The summed E-state index contributed by atoms with van der Waals surface area (Å²) in [6.45, 7) is 0. The van der Waals surface area contributed by atoms with Crippen molar-refractivity contribution in [2.24, 2.45) is 11.8 Å². The molecule has 0 amide bonds. The molecule has 1 heteroatoms. The molecule has 0 nitrogen and oxygen atoms in total. The summed E-state index contributed by atoms with van der Waals surface area (Å²) in [5, 5.41) is 0.441. The van der Waals surface area contributed by atoms with E-state index in [1.54, 1.807) is 16.7 Å². The topological polar surface area (TPSA) is 0 Å². The van der Waals surface area contributed by atoms with Gasteiger partial charge in [0.2, 0.25) is 0 Å². The summed E-state index contributed by atoms with van der Waals surface area (Å²) in [7, 11) is 0. The van der Waals surface area contributed by atoms with Crippen LogP contribution in [0.2, 0.25) is 0 Å². The maximum Gasteiger partial charge on any atom is 0.0454 e. The van der Waals surface area contributed by atoms with E-state index in [1.165, 1.54) is 50.3 Å². The van der Waals surface area contributed by atoms with E-state index in [2.05, 4.69) is 140 Å². The fraction of sp³-hybridized carbons (Fsp3) is 0.209. The molecule has 0 saturated carbocycles. The maximum absolute atomic E-state index is 2.49. The van der Waals surface area contributed by atoms with Crippen LogP contribution in [0.4, 0.5) is 0 Å². The van der Waals surface area contributed by atoms with Crippen LogP contribution in [-0.4, -0.2) is 5.25 Å². The van der Waals surface area contributed by atoms with Gasteiger partial charge >= 0.3 is 0 Å². The largest absolute Gasteiger partial charge is 0.116 e. The quantitative estimate of drug-likeness (QED) is 0.295. The molecule has 214 valence electrons. The van der Waals surface area contributed by atoms with Crippen molar-refractivity contribution in [3.05, 3.63) is 179 Å². The minimum absolute atomic E-state index is 0.373. The van der Waals surface area contributed by atoms with E-state index in [4.69, 9.17) is 0 Å². The van der Waals surface area contributed by atoms with Crippen LogP contribution in [0.1, 0.15) is 54.2 Å². The molecule has 5 aliphatic carbocycles. The molecule has 44 heavy (non-hydrogen) atoms. The third-order valence-corrected chi connectivity index (χ3v) is 12.0. The molecule has 1 heterocycles. The summed E-state index contributed by atoms with van der Waals surface area (Å²) in [6, 6.07) is 27.6. The number of fused-ring (bicyclic) bond motifs is 7. The van der Waals surface area contributed by atoms with Crippen molar-refractivity contribution in [3.63, 3.8) is 0 Å². The van der Waals surface area contributed by atoms with Crippen LogP contribution in [-0.2, 0) is 0 Å². The van der Waals surface area contributed by atoms with Gasteiger partial charge in [0.25, 0.3) is 0 Å². The molecule has 9 rings (SSSR count). The van der Waals surface area contributed by atoms with Gasteiger partial charge in [0.15, 0.2) is 0 Å². The molecule has 3 aromatic carbocycles. The Labute approximate surface area is 265 Å². The smallest absolute Gasteiger partial charge is 0.0454 e. The highest BCUT2D eigenvalue weighted by Gasteiger charge is 2.37. The average molecular weight is 585 g/mol. The third kappa shape index (κ3) is 4.36. The lowest BCUT2D eigenvalue weighted by atomic mass is 9.64. The molecule has 6 aliphatic rings. The van der Waals surface area contributed by atoms with Crippen molar-refractivity contribution in [2.75, 3.05) is 0 Å². The molecule has 0 saturated heterocycles. The number of benzene rings is 3. The molecule has 5 unspecified atom stereocenters. The first kappa shape index (κ1) is 26.3. The fourth-order valence-corrected chi connectivity index (χ4v) is 9.97. The van der Waals surface area contributed by atoms with E-state index in [0.29, 0.717) is 28.9 Å². The van der Waals surface area contributed by atoms with E-state index in [-0.39, 0.29) is 0 Å². The molecule has 1 aliphatic heterocycles. The van der Waals surface area contributed by atoms with Gasteiger partial charge in [0.1, 0.15) is 0 Å². The lowest BCUT2D eigenvalue weighted by molar-refractivity contribution is 0.480. The molecule has 0 bridgehead atoms. The van der Waals surface area contributed by atoms with Crippen LogP contribution < -0.4 is 0 Å². The van der Waals surface area contributed by atoms with Crippen molar-refractivity contribution in [1.29, 1.82) is 0 Å². The molecule has 5 atom stereocenters. The zero-order valence-electron chi connectivity index (χ0n) is 24.9. The summed E-state index contributed by atoms with van der Waals surface area (Å²) in [4.78, 5) is 1.41. The summed E-state index contributed by atoms with van der Waals surface area (Å²) in [5.74, 6) is 1.85. The first-order chi connectivity index (χ1) is 21.8. The summed E-state index contributed by atoms with van der Waals surface area (Å²) in [6.07, 6.45) is 30.8. The predicted molar refractivity (Wildman–Crippen MR) is 187 cm³/mol. The Bertz CT molecular complexity index is 1920. The zero-order chi connectivity index (χ0) is 29.0. The van der Waals surface area contributed by atoms with Gasteiger partial charge in [-0.25, -0.2) is 0 Å². The second-order valence-corrected chi connectivity index (χ2v) is 14.2. The van der Waals surface area contributed by atoms with Gasteiger partial charge in [-0.3, -0.25) is 0 Å². The van der Waals surface area contributed by atoms with E-state index in [9.17, 15) is 0 Å². The lowest BCUT2D eigenvalue weighted by Crippen LogP contribution is -2.26. The van der Waals surface area contributed by atoms with Crippen molar-refractivity contribution in [2.45, 2.75) is 47.7 Å². The highest BCUT2D eigenvalue weighted by atomic mass is 32.2. The molecule has 0 fully saturated rings. The standard InChI is InChI=1S/C43H36S/c1-2-15-35-34-17-4-5-18-36(34)38-24-23-31(27-41(38)37(35)16-3-1)29-12-8-11-28(25-29)30-13-9-14-32(26-30)33-20-10-21-40-39-19-6-7-22-42(39)44-43(33)40/h1-4,6-14,16-17,19-26,31,33,35,37,43H,5,15,18,27H2. The zero-order valence-corrected chi connectivity index (χ0v) is 25.7. The number of hydrogen-bond acceptors (Lipinski definition) is 1. The normalized spacial score (nSPS) is 27.7. The first-order valence-corrected chi connectivity index (χ1v) is 17.2. The molecular weight excluding hydrogens is 549 g/mol. The molecule has 0 spiro atoms. The van der Waals surface area contributed by atoms with E-state index in [0.717, 1.165) is 19.3 Å². The van der Waals surface area contributed by atoms with Crippen molar-refractivity contribution < 1.29 is 0 Å². The highest BCUT2D eigenvalue weighted by Crippen LogP contribution is 2.53. The van der Waals surface area contributed by atoms with Gasteiger partial charge in [-0.2, -0.15) is 0 Å². The second-order valence-electron chi connectivity index (χ2n) is 13.0. The summed E-state index contributed by atoms with van der Waals surface area (Å²) >= 11 is 2.02. The number of allylic oxidation sites excluding steroid dienone is 15. The van der Waals surface area contributed by atoms with Gasteiger partial charge in [-0.15, -0.1) is 11.8 Å². The minimum atomic E-state index is 0.373. The Morgan fingerprint density at radius 3 is 2.48 bits per heavy atom. The van der Waals surface area contributed by atoms with Crippen molar-refractivity contribution >= 4 is 17.3 Å². The van der Waals surface area contributed by atoms with Crippen molar-refractivity contribution in [3.8, 4) is 11.1 Å². The highest BCUT2D eigenvalue weighted by molar-refractivity contribution is 8.01. The average Bonchev–Trinajstić information content (AvgIpc) is 3.29. The van der Waals surface area contributed by atoms with Gasteiger partial charge in [-0.1, -0.05) is 139 Å². The molecule has 3 aromatic rings. The number of thioether (sulfide) groups is 1. The molecule has 0 radical (unpaired) electrons. The first-order valence-electron chi connectivity index (χ1n) is 16.3. The number of rotatable bonds is 3. The molecule has 0 aromatic heterocycles. The summed E-state index contributed by atoms with van der Waals surface area (Å²) < 4.78 is 0. The lowest BCUT2D eigenvalue weighted by Gasteiger charge is -2.39. The van der Waals surface area contributed by atoms with Crippen LogP contribution >= 0.6 is 11.8 Å². The van der Waals surface area contributed by atoms with E-state index in [1.807, 2.05) is 11.8 Å². The Hall–Kier alpha value is -4.07. The van der Waals surface area contributed by atoms with Crippen LogP contribution in [0.15, 0.2) is 167 Å². The van der Waals surface area contributed by atoms with Crippen molar-refractivity contribution in [1.82, 2.24) is 0 Å². The van der Waals surface area contributed by atoms with E-state index < -0.39 is 0 Å². The third-order valence-electron chi connectivity index (χ3n) is 10.6. The van der Waals surface area contributed by atoms with Crippen LogP contribution in [0, 0.1) is 11.8 Å². The van der Waals surface area contributed by atoms with Gasteiger partial charge < -0.3 is 0 Å².